The fraction of sp³-hybridized carbons (Fsp3) is 0.235. The molecule has 0 aliphatic carbocycles. The summed E-state index contributed by atoms with van der Waals surface area (Å²) in [6, 6.07) is 8.30. The highest BCUT2D eigenvalue weighted by atomic mass is 16.5. The maximum Gasteiger partial charge on any atom is 0.341 e. The van der Waals surface area contributed by atoms with Gasteiger partial charge in [-0.15, -0.1) is 0 Å². The van der Waals surface area contributed by atoms with Crippen LogP contribution in [0, 0.1) is 0 Å². The molecule has 2 heterocycles. The van der Waals surface area contributed by atoms with Crippen molar-refractivity contribution in [2.75, 3.05) is 25.1 Å². The van der Waals surface area contributed by atoms with Gasteiger partial charge in [-0.05, 0) is 18.2 Å². The number of anilines is 1. The third-order valence-corrected chi connectivity index (χ3v) is 3.70. The van der Waals surface area contributed by atoms with E-state index in [4.69, 9.17) is 13.9 Å². The summed E-state index contributed by atoms with van der Waals surface area (Å²) in [4.78, 5) is 37.6. The predicted molar refractivity (Wildman–Crippen MR) is 86.3 cm³/mol. The van der Waals surface area contributed by atoms with Crippen LogP contribution in [0.5, 0.6) is 5.75 Å². The Bertz CT molecular complexity index is 786. The zero-order valence-electron chi connectivity index (χ0n) is 13.4. The van der Waals surface area contributed by atoms with E-state index in [0.29, 0.717) is 11.4 Å². The second-order valence-corrected chi connectivity index (χ2v) is 5.28. The zero-order valence-corrected chi connectivity index (χ0v) is 13.4. The van der Waals surface area contributed by atoms with Crippen LogP contribution < -0.4 is 15.0 Å². The molecular formula is C17H16N2O6. The molecule has 2 aromatic rings. The number of ether oxygens (including phenoxy) is 2. The van der Waals surface area contributed by atoms with Gasteiger partial charge in [0.1, 0.15) is 12.0 Å². The number of amides is 2. The van der Waals surface area contributed by atoms with E-state index in [9.17, 15) is 14.4 Å². The molecule has 0 fully saturated rings. The Hall–Kier alpha value is -3.29. The van der Waals surface area contributed by atoms with Gasteiger partial charge in [-0.25, -0.2) is 4.79 Å². The average molecular weight is 344 g/mol. The number of hydrogen-bond donors (Lipinski definition) is 1. The Morgan fingerprint density at radius 3 is 2.80 bits per heavy atom. The summed E-state index contributed by atoms with van der Waals surface area (Å²) in [5.74, 6) is -1.05. The first-order chi connectivity index (χ1) is 12.1. The van der Waals surface area contributed by atoms with Crippen LogP contribution in [0.25, 0.3) is 0 Å². The molecular weight excluding hydrogens is 328 g/mol. The lowest BCUT2D eigenvalue weighted by molar-refractivity contribution is -0.128. The van der Waals surface area contributed by atoms with E-state index in [1.807, 2.05) is 0 Å². The molecule has 1 N–H and O–H groups in total. The number of para-hydroxylation sites is 2. The van der Waals surface area contributed by atoms with Crippen LogP contribution in [0.1, 0.15) is 10.4 Å². The number of benzene rings is 1. The number of hydrogen-bond acceptors (Lipinski definition) is 6. The van der Waals surface area contributed by atoms with E-state index in [-0.39, 0.29) is 18.0 Å². The van der Waals surface area contributed by atoms with Gasteiger partial charge in [0.2, 0.25) is 0 Å². The van der Waals surface area contributed by atoms with Gasteiger partial charge in [0.15, 0.2) is 12.7 Å². The lowest BCUT2D eigenvalue weighted by Gasteiger charge is -2.33. The van der Waals surface area contributed by atoms with Gasteiger partial charge in [0, 0.05) is 7.05 Å². The molecule has 3 rings (SSSR count). The van der Waals surface area contributed by atoms with Gasteiger partial charge in [-0.2, -0.15) is 0 Å². The quantitative estimate of drug-likeness (QED) is 0.830. The summed E-state index contributed by atoms with van der Waals surface area (Å²) in [7, 11) is 1.49. The Balaban J connectivity index is 1.74. The van der Waals surface area contributed by atoms with E-state index in [1.165, 1.54) is 30.5 Å². The van der Waals surface area contributed by atoms with E-state index < -0.39 is 24.6 Å². The molecule has 0 saturated heterocycles. The maximum atomic E-state index is 12.5. The highest BCUT2D eigenvalue weighted by Crippen LogP contribution is 2.33. The van der Waals surface area contributed by atoms with E-state index in [2.05, 4.69) is 5.32 Å². The van der Waals surface area contributed by atoms with Crippen LogP contribution in [0.3, 0.4) is 0 Å². The second-order valence-electron chi connectivity index (χ2n) is 5.28. The molecule has 8 nitrogen and oxygen atoms in total. The van der Waals surface area contributed by atoms with E-state index >= 15 is 0 Å². The molecule has 25 heavy (non-hydrogen) atoms. The van der Waals surface area contributed by atoms with E-state index in [1.54, 1.807) is 24.3 Å². The second kappa shape index (κ2) is 7.08. The molecule has 1 unspecified atom stereocenters. The summed E-state index contributed by atoms with van der Waals surface area (Å²) in [5.41, 5.74) is 0.741. The van der Waals surface area contributed by atoms with Gasteiger partial charge in [0.25, 0.3) is 11.8 Å². The fourth-order valence-corrected chi connectivity index (χ4v) is 2.44. The first kappa shape index (κ1) is 16.6. The van der Waals surface area contributed by atoms with Crippen molar-refractivity contribution in [3.8, 4) is 5.75 Å². The van der Waals surface area contributed by atoms with Gasteiger partial charge in [-0.3, -0.25) is 9.59 Å². The Morgan fingerprint density at radius 1 is 1.28 bits per heavy atom. The van der Waals surface area contributed by atoms with Crippen molar-refractivity contribution in [3.05, 3.63) is 48.4 Å². The smallest absolute Gasteiger partial charge is 0.341 e. The van der Waals surface area contributed by atoms with E-state index in [0.717, 1.165) is 0 Å². The average Bonchev–Trinajstić information content (AvgIpc) is 3.19. The van der Waals surface area contributed by atoms with Crippen LogP contribution in [0.2, 0.25) is 0 Å². The lowest BCUT2D eigenvalue weighted by atomic mass is 10.1. The predicted octanol–water partition coefficient (Wildman–Crippen LogP) is 0.977. The summed E-state index contributed by atoms with van der Waals surface area (Å²) < 4.78 is 15.4. The summed E-state index contributed by atoms with van der Waals surface area (Å²) >= 11 is 0. The minimum Gasteiger partial charge on any atom is -0.477 e. The number of nitrogens with one attached hydrogen (secondary N) is 1. The number of furan rings is 1. The summed E-state index contributed by atoms with van der Waals surface area (Å²) in [5, 5.41) is 2.50. The number of fused-ring (bicyclic) bond motifs is 1. The molecule has 8 heteroatoms. The van der Waals surface area contributed by atoms with Crippen LogP contribution in [0.4, 0.5) is 5.69 Å². The van der Waals surface area contributed by atoms with Gasteiger partial charge in [-0.1, -0.05) is 12.1 Å². The van der Waals surface area contributed by atoms with Crippen molar-refractivity contribution >= 4 is 23.5 Å². The highest BCUT2D eigenvalue weighted by Gasteiger charge is 2.33. The molecule has 130 valence electrons. The minimum absolute atomic E-state index is 0.0266. The number of carbonyl (C=O) groups is 3. The van der Waals surface area contributed by atoms with Gasteiger partial charge >= 0.3 is 5.97 Å². The monoisotopic (exact) mass is 344 g/mol. The molecule has 0 radical (unpaired) electrons. The lowest BCUT2D eigenvalue weighted by Crippen LogP contribution is -2.51. The van der Waals surface area contributed by atoms with Crippen molar-refractivity contribution < 1.29 is 28.3 Å². The first-order valence-electron chi connectivity index (χ1n) is 7.57. The SMILES string of the molecule is CNC(=O)C1CN(C(=O)COC(=O)c2ccoc2)c2ccccc2O1. The molecule has 2 amide bonds. The van der Waals surface area contributed by atoms with Crippen molar-refractivity contribution in [3.63, 3.8) is 0 Å². The van der Waals surface area contributed by atoms with Crippen LogP contribution in [0.15, 0.2) is 47.3 Å². The Morgan fingerprint density at radius 2 is 2.08 bits per heavy atom. The first-order valence-corrected chi connectivity index (χ1v) is 7.57. The molecule has 1 atom stereocenters. The van der Waals surface area contributed by atoms with Gasteiger partial charge in [0.05, 0.1) is 24.1 Å². The molecule has 1 aromatic heterocycles. The highest BCUT2D eigenvalue weighted by molar-refractivity contribution is 5.99. The number of likely N-dealkylation sites (N-methyl/N-ethyl adjacent to an activating group) is 1. The molecule has 1 aliphatic heterocycles. The standard InChI is InChI=1S/C17H16N2O6/c1-18-16(21)14-8-19(12-4-2-3-5-13(12)25-14)15(20)10-24-17(22)11-6-7-23-9-11/h2-7,9,14H,8,10H2,1H3,(H,18,21). The number of esters is 1. The maximum absolute atomic E-state index is 12.5. The largest absolute Gasteiger partial charge is 0.477 e. The van der Waals surface area contributed by atoms with Crippen molar-refractivity contribution in [2.24, 2.45) is 0 Å². The van der Waals surface area contributed by atoms with Gasteiger partial charge < -0.3 is 24.1 Å². The number of carbonyl (C=O) groups excluding carboxylic acids is 3. The van der Waals surface area contributed by atoms with Crippen molar-refractivity contribution in [1.82, 2.24) is 5.32 Å². The summed E-state index contributed by atoms with van der Waals surface area (Å²) in [6.45, 7) is -0.433. The Kier molecular flexibility index (Phi) is 4.69. The van der Waals surface area contributed by atoms with Crippen molar-refractivity contribution in [2.45, 2.75) is 6.10 Å². The van der Waals surface area contributed by atoms with Crippen LogP contribution in [-0.2, 0) is 14.3 Å². The third kappa shape index (κ3) is 3.47. The molecule has 1 aliphatic rings. The summed E-state index contributed by atoms with van der Waals surface area (Å²) in [6.07, 6.45) is 1.73. The number of nitrogens with zero attached hydrogens (tertiary/aromatic N) is 1. The van der Waals surface area contributed by atoms with Crippen molar-refractivity contribution in [1.29, 1.82) is 0 Å². The Labute approximate surface area is 143 Å². The number of rotatable bonds is 4. The van der Waals surface area contributed by atoms with Crippen LogP contribution >= 0.6 is 0 Å². The molecule has 1 aromatic carbocycles. The molecule has 0 spiro atoms. The topological polar surface area (TPSA) is 98.1 Å². The zero-order chi connectivity index (χ0) is 17.8. The third-order valence-electron chi connectivity index (χ3n) is 3.70. The molecule has 0 bridgehead atoms. The molecule has 0 saturated carbocycles. The normalized spacial score (nSPS) is 15.7. The minimum atomic E-state index is -0.839. The fourth-order valence-electron chi connectivity index (χ4n) is 2.44. The van der Waals surface area contributed by atoms with Crippen LogP contribution in [-0.4, -0.2) is 44.1 Å².